The van der Waals surface area contributed by atoms with Gasteiger partial charge in [0, 0.05) is 31.7 Å². The van der Waals surface area contributed by atoms with Crippen LogP contribution in [0.5, 0.6) is 0 Å². The van der Waals surface area contributed by atoms with Gasteiger partial charge in [-0.05, 0) is 25.9 Å². The van der Waals surface area contributed by atoms with Gasteiger partial charge in [0.1, 0.15) is 0 Å². The van der Waals surface area contributed by atoms with Crippen LogP contribution >= 0.6 is 0 Å². The first-order valence-electron chi connectivity index (χ1n) is 6.38. The van der Waals surface area contributed by atoms with Crippen LogP contribution in [0.4, 0.5) is 0 Å². The van der Waals surface area contributed by atoms with Gasteiger partial charge in [0.25, 0.3) is 0 Å². The SMILES string of the molecule is CCN(CC)CC(O)CNCC1(CO)CC1. The quantitative estimate of drug-likeness (QED) is 0.524. The van der Waals surface area contributed by atoms with Crippen LogP contribution in [0.25, 0.3) is 0 Å². The molecule has 0 saturated heterocycles. The molecule has 1 saturated carbocycles. The van der Waals surface area contributed by atoms with E-state index >= 15 is 0 Å². The van der Waals surface area contributed by atoms with Crippen molar-refractivity contribution in [3.8, 4) is 0 Å². The van der Waals surface area contributed by atoms with Crippen molar-refractivity contribution in [2.45, 2.75) is 32.8 Å². The highest BCUT2D eigenvalue weighted by molar-refractivity contribution is 4.94. The van der Waals surface area contributed by atoms with E-state index in [2.05, 4.69) is 24.1 Å². The first-order valence-corrected chi connectivity index (χ1v) is 6.38. The van der Waals surface area contributed by atoms with Gasteiger partial charge in [-0.1, -0.05) is 13.8 Å². The van der Waals surface area contributed by atoms with Crippen LogP contribution in [-0.2, 0) is 0 Å². The van der Waals surface area contributed by atoms with Crippen molar-refractivity contribution in [3.05, 3.63) is 0 Å². The molecule has 1 fully saturated rings. The topological polar surface area (TPSA) is 55.7 Å². The lowest BCUT2D eigenvalue weighted by Gasteiger charge is -2.22. The Balaban J connectivity index is 2.08. The Morgan fingerprint density at radius 3 is 2.38 bits per heavy atom. The molecule has 0 aromatic heterocycles. The molecule has 0 radical (unpaired) electrons. The summed E-state index contributed by atoms with van der Waals surface area (Å²) < 4.78 is 0. The maximum atomic E-state index is 9.81. The molecule has 0 aromatic carbocycles. The Morgan fingerprint density at radius 2 is 1.94 bits per heavy atom. The van der Waals surface area contributed by atoms with E-state index in [4.69, 9.17) is 5.11 Å². The third-order valence-corrected chi connectivity index (χ3v) is 3.54. The number of rotatable bonds is 9. The highest BCUT2D eigenvalue weighted by Gasteiger charge is 2.41. The van der Waals surface area contributed by atoms with Crippen molar-refractivity contribution < 1.29 is 10.2 Å². The Morgan fingerprint density at radius 1 is 1.31 bits per heavy atom. The highest BCUT2D eigenvalue weighted by Crippen LogP contribution is 2.44. The maximum Gasteiger partial charge on any atom is 0.0791 e. The van der Waals surface area contributed by atoms with Crippen molar-refractivity contribution in [2.75, 3.05) is 39.3 Å². The van der Waals surface area contributed by atoms with Crippen LogP contribution in [0.1, 0.15) is 26.7 Å². The number of hydrogen-bond donors (Lipinski definition) is 3. The van der Waals surface area contributed by atoms with Gasteiger partial charge in [-0.3, -0.25) is 0 Å². The zero-order chi connectivity index (χ0) is 12.0. The number of nitrogens with one attached hydrogen (secondary N) is 1. The molecule has 0 aromatic rings. The third-order valence-electron chi connectivity index (χ3n) is 3.54. The molecule has 0 spiro atoms. The fourth-order valence-electron chi connectivity index (χ4n) is 1.92. The summed E-state index contributed by atoms with van der Waals surface area (Å²) in [6, 6.07) is 0. The zero-order valence-corrected chi connectivity index (χ0v) is 10.6. The van der Waals surface area contributed by atoms with Crippen molar-refractivity contribution >= 4 is 0 Å². The third kappa shape index (κ3) is 4.37. The number of likely N-dealkylation sites (N-methyl/N-ethyl adjacent to an activating group) is 1. The molecule has 0 aliphatic heterocycles. The lowest BCUT2D eigenvalue weighted by atomic mass is 10.1. The normalized spacial score (nSPS) is 20.1. The van der Waals surface area contributed by atoms with E-state index in [1.807, 2.05) is 0 Å². The molecule has 1 rings (SSSR count). The Bertz CT molecular complexity index is 191. The summed E-state index contributed by atoms with van der Waals surface area (Å²) in [6.45, 7) is 8.63. The highest BCUT2D eigenvalue weighted by atomic mass is 16.3. The fourth-order valence-corrected chi connectivity index (χ4v) is 1.92. The number of hydrogen-bond acceptors (Lipinski definition) is 4. The van der Waals surface area contributed by atoms with Crippen LogP contribution in [0.2, 0.25) is 0 Å². The van der Waals surface area contributed by atoms with E-state index in [-0.39, 0.29) is 18.1 Å². The summed E-state index contributed by atoms with van der Waals surface area (Å²) in [5, 5.41) is 22.2. The van der Waals surface area contributed by atoms with Gasteiger partial charge in [0.05, 0.1) is 6.10 Å². The summed E-state index contributed by atoms with van der Waals surface area (Å²) in [4.78, 5) is 2.21. The van der Waals surface area contributed by atoms with E-state index in [1.165, 1.54) is 0 Å². The van der Waals surface area contributed by atoms with Gasteiger partial charge in [-0.2, -0.15) is 0 Å². The molecule has 1 aliphatic carbocycles. The van der Waals surface area contributed by atoms with Gasteiger partial charge in [-0.25, -0.2) is 0 Å². The molecule has 1 atom stereocenters. The smallest absolute Gasteiger partial charge is 0.0791 e. The standard InChI is InChI=1S/C12H26N2O2/c1-3-14(4-2)8-11(16)7-13-9-12(10-15)5-6-12/h11,13,15-16H,3-10H2,1-2H3. The first-order chi connectivity index (χ1) is 7.65. The summed E-state index contributed by atoms with van der Waals surface area (Å²) in [7, 11) is 0. The minimum Gasteiger partial charge on any atom is -0.396 e. The van der Waals surface area contributed by atoms with Crippen molar-refractivity contribution in [3.63, 3.8) is 0 Å². The molecule has 4 heteroatoms. The van der Waals surface area contributed by atoms with Crippen LogP contribution in [0, 0.1) is 5.41 Å². The number of nitrogens with zero attached hydrogens (tertiary/aromatic N) is 1. The van der Waals surface area contributed by atoms with Crippen LogP contribution in [0.3, 0.4) is 0 Å². The average molecular weight is 230 g/mol. The minimum absolute atomic E-state index is 0.134. The number of aliphatic hydroxyl groups is 2. The Labute approximate surface area is 98.6 Å². The molecule has 3 N–H and O–H groups in total. The Kier molecular flexibility index (Phi) is 5.69. The summed E-state index contributed by atoms with van der Waals surface area (Å²) in [5.74, 6) is 0. The minimum atomic E-state index is -0.311. The molecule has 16 heavy (non-hydrogen) atoms. The van der Waals surface area contributed by atoms with Gasteiger partial charge < -0.3 is 20.4 Å². The van der Waals surface area contributed by atoms with E-state index in [1.54, 1.807) is 0 Å². The van der Waals surface area contributed by atoms with Crippen LogP contribution in [0.15, 0.2) is 0 Å². The second kappa shape index (κ2) is 6.55. The van der Waals surface area contributed by atoms with Gasteiger partial charge in [0.15, 0.2) is 0 Å². The zero-order valence-electron chi connectivity index (χ0n) is 10.6. The lowest BCUT2D eigenvalue weighted by molar-refractivity contribution is 0.113. The predicted molar refractivity (Wildman–Crippen MR) is 65.4 cm³/mol. The molecular weight excluding hydrogens is 204 g/mol. The maximum absolute atomic E-state index is 9.81. The molecule has 96 valence electrons. The second-order valence-electron chi connectivity index (χ2n) is 4.93. The summed E-state index contributed by atoms with van der Waals surface area (Å²) >= 11 is 0. The van der Waals surface area contributed by atoms with Gasteiger partial charge >= 0.3 is 0 Å². The van der Waals surface area contributed by atoms with Gasteiger partial charge in [-0.15, -0.1) is 0 Å². The van der Waals surface area contributed by atoms with Crippen molar-refractivity contribution in [2.24, 2.45) is 5.41 Å². The molecule has 4 nitrogen and oxygen atoms in total. The predicted octanol–water partition coefficient (Wildman–Crippen LogP) is 0.0512. The largest absolute Gasteiger partial charge is 0.396 e. The van der Waals surface area contributed by atoms with Crippen molar-refractivity contribution in [1.82, 2.24) is 10.2 Å². The monoisotopic (exact) mass is 230 g/mol. The molecule has 0 bridgehead atoms. The molecule has 0 amide bonds. The second-order valence-corrected chi connectivity index (χ2v) is 4.93. The molecule has 1 unspecified atom stereocenters. The van der Waals surface area contributed by atoms with E-state index in [0.29, 0.717) is 6.54 Å². The average Bonchev–Trinajstić information content (AvgIpc) is 3.06. The van der Waals surface area contributed by atoms with E-state index in [9.17, 15) is 5.11 Å². The Hall–Kier alpha value is -0.160. The van der Waals surface area contributed by atoms with E-state index < -0.39 is 0 Å². The lowest BCUT2D eigenvalue weighted by Crippen LogP contribution is -2.40. The van der Waals surface area contributed by atoms with Crippen LogP contribution in [-0.4, -0.2) is 60.5 Å². The number of aliphatic hydroxyl groups excluding tert-OH is 2. The van der Waals surface area contributed by atoms with Gasteiger partial charge in [0.2, 0.25) is 0 Å². The fraction of sp³-hybridized carbons (Fsp3) is 1.00. The van der Waals surface area contributed by atoms with E-state index in [0.717, 1.165) is 39.0 Å². The summed E-state index contributed by atoms with van der Waals surface area (Å²) in [6.07, 6.45) is 1.92. The first kappa shape index (κ1) is 13.9. The molecular formula is C12H26N2O2. The van der Waals surface area contributed by atoms with Crippen LogP contribution < -0.4 is 5.32 Å². The summed E-state index contributed by atoms with van der Waals surface area (Å²) in [5.41, 5.74) is 0.134. The molecule has 0 heterocycles. The van der Waals surface area contributed by atoms with Crippen molar-refractivity contribution in [1.29, 1.82) is 0 Å². The molecule has 1 aliphatic rings.